The lowest BCUT2D eigenvalue weighted by molar-refractivity contribution is 0.264. The first-order valence-corrected chi connectivity index (χ1v) is 7.29. The molecule has 0 radical (unpaired) electrons. The van der Waals surface area contributed by atoms with Crippen molar-refractivity contribution in [1.82, 2.24) is 0 Å². The van der Waals surface area contributed by atoms with Crippen LogP contribution in [0.25, 0.3) is 0 Å². The fraction of sp³-hybridized carbons (Fsp3) is 0.562. The van der Waals surface area contributed by atoms with E-state index >= 15 is 0 Å². The Morgan fingerprint density at radius 3 is 2.80 bits per heavy atom. The standard InChI is InChI=1S/C16H25N3.HI/c1-12-6-5-9-15(10-12)19-16(17)18-11-14-8-4-3-7-13(14)2;/h5-6,9-10,13-14H,3-4,7-8,11H2,1-2H3,(H3,17,18,19);1H. The molecule has 1 fully saturated rings. The summed E-state index contributed by atoms with van der Waals surface area (Å²) in [5, 5.41) is 3.16. The molecule has 0 bridgehead atoms. The van der Waals surface area contributed by atoms with E-state index in [1.807, 2.05) is 12.1 Å². The van der Waals surface area contributed by atoms with Crippen LogP contribution in [-0.2, 0) is 0 Å². The second kappa shape index (κ2) is 8.49. The molecule has 20 heavy (non-hydrogen) atoms. The number of anilines is 1. The lowest BCUT2D eigenvalue weighted by Gasteiger charge is -2.27. The third-order valence-electron chi connectivity index (χ3n) is 4.08. The van der Waals surface area contributed by atoms with Crippen molar-refractivity contribution in [3.63, 3.8) is 0 Å². The van der Waals surface area contributed by atoms with Gasteiger partial charge >= 0.3 is 0 Å². The second-order valence-electron chi connectivity index (χ2n) is 5.74. The lowest BCUT2D eigenvalue weighted by atomic mass is 9.80. The highest BCUT2D eigenvalue weighted by Crippen LogP contribution is 2.29. The van der Waals surface area contributed by atoms with Gasteiger partial charge in [-0.1, -0.05) is 38.3 Å². The van der Waals surface area contributed by atoms with Gasteiger partial charge in [0, 0.05) is 12.2 Å². The summed E-state index contributed by atoms with van der Waals surface area (Å²) >= 11 is 0. The van der Waals surface area contributed by atoms with Crippen LogP contribution in [0.1, 0.15) is 38.2 Å². The van der Waals surface area contributed by atoms with Crippen molar-refractivity contribution in [1.29, 1.82) is 0 Å². The molecule has 0 aromatic heterocycles. The molecule has 3 nitrogen and oxygen atoms in total. The molecule has 1 aromatic carbocycles. The molecule has 1 saturated carbocycles. The van der Waals surface area contributed by atoms with E-state index in [4.69, 9.17) is 5.73 Å². The molecule has 2 rings (SSSR count). The van der Waals surface area contributed by atoms with Gasteiger partial charge in [-0.25, -0.2) is 0 Å². The normalized spacial score (nSPS) is 23.0. The van der Waals surface area contributed by atoms with Gasteiger partial charge in [0.15, 0.2) is 5.96 Å². The van der Waals surface area contributed by atoms with E-state index in [0.29, 0.717) is 11.9 Å². The Bertz CT molecular complexity index is 445. The van der Waals surface area contributed by atoms with Crippen LogP contribution in [0.3, 0.4) is 0 Å². The monoisotopic (exact) mass is 387 g/mol. The van der Waals surface area contributed by atoms with Gasteiger partial charge in [0.2, 0.25) is 0 Å². The van der Waals surface area contributed by atoms with Crippen molar-refractivity contribution in [2.45, 2.75) is 39.5 Å². The molecule has 0 saturated heterocycles. The highest BCUT2D eigenvalue weighted by molar-refractivity contribution is 14.0. The fourth-order valence-corrected chi connectivity index (χ4v) is 2.79. The summed E-state index contributed by atoms with van der Waals surface area (Å²) in [6.07, 6.45) is 5.35. The number of rotatable bonds is 3. The number of guanidine groups is 1. The molecule has 4 heteroatoms. The smallest absolute Gasteiger partial charge is 0.193 e. The fourth-order valence-electron chi connectivity index (χ4n) is 2.79. The van der Waals surface area contributed by atoms with E-state index in [1.165, 1.54) is 31.2 Å². The molecule has 112 valence electrons. The molecule has 1 aliphatic carbocycles. The summed E-state index contributed by atoms with van der Waals surface area (Å²) in [5.41, 5.74) is 8.19. The molecule has 0 spiro atoms. The Kier molecular flexibility index (Phi) is 7.34. The molecular weight excluding hydrogens is 361 g/mol. The average molecular weight is 387 g/mol. The third kappa shape index (κ3) is 5.31. The van der Waals surface area contributed by atoms with Crippen LogP contribution >= 0.6 is 24.0 Å². The number of hydrogen-bond donors (Lipinski definition) is 2. The first kappa shape index (κ1) is 17.3. The van der Waals surface area contributed by atoms with Gasteiger partial charge in [0.1, 0.15) is 0 Å². The van der Waals surface area contributed by atoms with Gasteiger partial charge in [-0.05, 0) is 42.9 Å². The zero-order valence-electron chi connectivity index (χ0n) is 12.4. The van der Waals surface area contributed by atoms with Crippen LogP contribution in [0.5, 0.6) is 0 Å². The summed E-state index contributed by atoms with van der Waals surface area (Å²) < 4.78 is 0. The number of benzene rings is 1. The van der Waals surface area contributed by atoms with Gasteiger partial charge in [-0.15, -0.1) is 24.0 Å². The van der Waals surface area contributed by atoms with E-state index < -0.39 is 0 Å². The van der Waals surface area contributed by atoms with Crippen LogP contribution in [0.4, 0.5) is 5.69 Å². The maximum atomic E-state index is 5.96. The Morgan fingerprint density at radius 2 is 2.10 bits per heavy atom. The largest absolute Gasteiger partial charge is 0.370 e. The summed E-state index contributed by atoms with van der Waals surface area (Å²) in [4.78, 5) is 4.51. The zero-order chi connectivity index (χ0) is 13.7. The number of nitrogens with two attached hydrogens (primary N) is 1. The predicted molar refractivity (Wildman–Crippen MR) is 97.8 cm³/mol. The van der Waals surface area contributed by atoms with Crippen LogP contribution in [0, 0.1) is 18.8 Å². The molecule has 2 atom stereocenters. The number of aliphatic imine (C=N–C) groups is 1. The second-order valence-corrected chi connectivity index (χ2v) is 5.74. The molecule has 2 unspecified atom stereocenters. The third-order valence-corrected chi connectivity index (χ3v) is 4.08. The minimum Gasteiger partial charge on any atom is -0.370 e. The maximum absolute atomic E-state index is 5.96. The molecule has 3 N–H and O–H groups in total. The van der Waals surface area contributed by atoms with E-state index in [-0.39, 0.29) is 24.0 Å². The van der Waals surface area contributed by atoms with Gasteiger partial charge in [-0.3, -0.25) is 4.99 Å². The number of nitrogens with one attached hydrogen (secondary N) is 1. The molecule has 0 amide bonds. The SMILES string of the molecule is Cc1cccc(NC(N)=NCC2CCCCC2C)c1.I. The summed E-state index contributed by atoms with van der Waals surface area (Å²) in [6.45, 7) is 5.26. The number of hydrogen-bond acceptors (Lipinski definition) is 1. The average Bonchev–Trinajstić information content (AvgIpc) is 2.38. The van der Waals surface area contributed by atoms with E-state index in [9.17, 15) is 0 Å². The molecule has 1 aliphatic rings. The highest BCUT2D eigenvalue weighted by atomic mass is 127. The maximum Gasteiger partial charge on any atom is 0.193 e. The lowest BCUT2D eigenvalue weighted by Crippen LogP contribution is -2.26. The van der Waals surface area contributed by atoms with Crippen LogP contribution in [-0.4, -0.2) is 12.5 Å². The first-order valence-electron chi connectivity index (χ1n) is 7.29. The molecular formula is C16H26IN3. The van der Waals surface area contributed by atoms with Gasteiger partial charge in [-0.2, -0.15) is 0 Å². The summed E-state index contributed by atoms with van der Waals surface area (Å²) in [5.74, 6) is 2.01. The zero-order valence-corrected chi connectivity index (χ0v) is 14.8. The van der Waals surface area contributed by atoms with Gasteiger partial charge in [0.05, 0.1) is 0 Å². The number of aryl methyl sites for hydroxylation is 1. The molecule has 0 heterocycles. The highest BCUT2D eigenvalue weighted by Gasteiger charge is 2.20. The molecule has 1 aromatic rings. The van der Waals surface area contributed by atoms with Crippen molar-refractivity contribution in [3.8, 4) is 0 Å². The van der Waals surface area contributed by atoms with Crippen LogP contribution in [0.2, 0.25) is 0 Å². The van der Waals surface area contributed by atoms with Crippen molar-refractivity contribution in [3.05, 3.63) is 29.8 Å². The minimum absolute atomic E-state index is 0. The Morgan fingerprint density at radius 1 is 1.35 bits per heavy atom. The molecule has 0 aliphatic heterocycles. The Labute approximate surface area is 139 Å². The number of nitrogens with zero attached hydrogens (tertiary/aromatic N) is 1. The Hall–Kier alpha value is -0.780. The quantitative estimate of drug-likeness (QED) is 0.465. The number of halogens is 1. The topological polar surface area (TPSA) is 50.4 Å². The van der Waals surface area contributed by atoms with Crippen molar-refractivity contribution >= 4 is 35.6 Å². The van der Waals surface area contributed by atoms with E-state index in [0.717, 1.165) is 18.2 Å². The van der Waals surface area contributed by atoms with Crippen molar-refractivity contribution in [2.75, 3.05) is 11.9 Å². The minimum atomic E-state index is 0. The van der Waals surface area contributed by atoms with Crippen LogP contribution < -0.4 is 11.1 Å². The first-order chi connectivity index (χ1) is 9.15. The Balaban J connectivity index is 0.00000200. The summed E-state index contributed by atoms with van der Waals surface area (Å²) in [7, 11) is 0. The van der Waals surface area contributed by atoms with Crippen LogP contribution in [0.15, 0.2) is 29.3 Å². The van der Waals surface area contributed by atoms with Crippen molar-refractivity contribution < 1.29 is 0 Å². The van der Waals surface area contributed by atoms with E-state index in [2.05, 4.69) is 36.3 Å². The van der Waals surface area contributed by atoms with E-state index in [1.54, 1.807) is 0 Å². The summed E-state index contributed by atoms with van der Waals surface area (Å²) in [6, 6.07) is 8.18. The van der Waals surface area contributed by atoms with Crippen molar-refractivity contribution in [2.24, 2.45) is 22.6 Å². The van der Waals surface area contributed by atoms with Gasteiger partial charge in [0.25, 0.3) is 0 Å². The predicted octanol–water partition coefficient (Wildman–Crippen LogP) is 4.17. The van der Waals surface area contributed by atoms with Gasteiger partial charge < -0.3 is 11.1 Å².